The van der Waals surface area contributed by atoms with E-state index < -0.39 is 0 Å². The molecule has 0 aliphatic carbocycles. The van der Waals surface area contributed by atoms with E-state index in [1.165, 1.54) is 11.3 Å². The van der Waals surface area contributed by atoms with E-state index in [-0.39, 0.29) is 18.5 Å². The van der Waals surface area contributed by atoms with Crippen LogP contribution in [0.1, 0.15) is 16.5 Å². The molecule has 1 aromatic heterocycles. The number of hydrogen-bond donors (Lipinski definition) is 2. The second kappa shape index (κ2) is 7.57. The Bertz CT molecular complexity index is 777. The third kappa shape index (κ3) is 3.30. The molecule has 0 bridgehead atoms. The number of aliphatic hydroxyl groups excluding tert-OH is 2. The van der Waals surface area contributed by atoms with Gasteiger partial charge in [0.25, 0.3) is 0 Å². The summed E-state index contributed by atoms with van der Waals surface area (Å²) in [5, 5.41) is 21.4. The number of hydrogen-bond acceptors (Lipinski definition) is 6. The van der Waals surface area contributed by atoms with Gasteiger partial charge in [-0.05, 0) is 5.56 Å². The monoisotopic (exact) mass is 381 g/mol. The van der Waals surface area contributed by atoms with Crippen molar-refractivity contribution in [2.24, 2.45) is 4.99 Å². The van der Waals surface area contributed by atoms with Gasteiger partial charge >= 0.3 is 0 Å². The van der Waals surface area contributed by atoms with Crippen molar-refractivity contribution in [2.45, 2.75) is 6.04 Å². The van der Waals surface area contributed by atoms with Crippen LogP contribution in [0.2, 0.25) is 4.47 Å². The van der Waals surface area contributed by atoms with Gasteiger partial charge < -0.3 is 10.2 Å². The van der Waals surface area contributed by atoms with Crippen molar-refractivity contribution in [2.75, 3.05) is 19.4 Å². The highest BCUT2D eigenvalue weighted by Gasteiger charge is 2.36. The Balaban J connectivity index is 2.06. The lowest BCUT2D eigenvalue weighted by Crippen LogP contribution is -2.28. The summed E-state index contributed by atoms with van der Waals surface area (Å²) in [5.74, 6) is 0.728. The molecule has 0 saturated carbocycles. The molecule has 3 rings (SSSR count). The van der Waals surface area contributed by atoms with E-state index >= 15 is 0 Å². The van der Waals surface area contributed by atoms with Crippen LogP contribution in [0.3, 0.4) is 0 Å². The summed E-state index contributed by atoms with van der Waals surface area (Å²) in [7, 11) is 1.69. The van der Waals surface area contributed by atoms with Gasteiger partial charge in [0.05, 0.1) is 12.6 Å². The highest BCUT2D eigenvalue weighted by molar-refractivity contribution is 8.14. The van der Waals surface area contributed by atoms with Crippen LogP contribution in [0.25, 0.3) is 5.57 Å². The fourth-order valence-corrected chi connectivity index (χ4v) is 4.81. The van der Waals surface area contributed by atoms with Crippen LogP contribution < -0.4 is 0 Å². The van der Waals surface area contributed by atoms with E-state index in [0.29, 0.717) is 15.2 Å². The lowest BCUT2D eigenvalue weighted by molar-refractivity contribution is 0.245. The Morgan fingerprint density at radius 3 is 2.75 bits per heavy atom. The van der Waals surface area contributed by atoms with Crippen LogP contribution in [-0.2, 0) is 0 Å². The topological polar surface area (TPSA) is 69.0 Å². The average molecular weight is 382 g/mol. The standard InChI is InChI=1S/C16H16ClN3O2S2/c1-18-16-20(12(9-23-16)13-7-19-15(17)24-13)14(22)11(8-21)10-5-3-2-4-6-10/h2-7,12,21-22H,8-9H2,1H3/b14-11-,18-16-. The zero-order chi connectivity index (χ0) is 17.1. The summed E-state index contributed by atoms with van der Waals surface area (Å²) in [6.45, 7) is -0.274. The van der Waals surface area contributed by atoms with Gasteiger partial charge in [-0.1, -0.05) is 53.7 Å². The largest absolute Gasteiger partial charge is 0.494 e. The second-order valence-corrected chi connectivity index (χ2v) is 7.68. The normalized spacial score (nSPS) is 20.5. The quantitative estimate of drug-likeness (QED) is 0.788. The number of thioether (sulfide) groups is 1. The van der Waals surface area contributed by atoms with E-state index in [1.54, 1.807) is 29.9 Å². The molecule has 0 spiro atoms. The fraction of sp³-hybridized carbons (Fsp3) is 0.250. The first-order valence-electron chi connectivity index (χ1n) is 7.24. The number of aliphatic hydroxyl groups is 2. The summed E-state index contributed by atoms with van der Waals surface area (Å²) in [4.78, 5) is 11.0. The van der Waals surface area contributed by atoms with E-state index in [2.05, 4.69) is 9.98 Å². The number of aliphatic imine (C=N–C) groups is 1. The zero-order valence-electron chi connectivity index (χ0n) is 12.9. The molecular formula is C16H16ClN3O2S2. The van der Waals surface area contributed by atoms with Gasteiger partial charge in [-0.3, -0.25) is 9.89 Å². The molecule has 1 aliphatic rings. The first kappa shape index (κ1) is 17.3. The van der Waals surface area contributed by atoms with Crippen molar-refractivity contribution in [3.63, 3.8) is 0 Å². The predicted molar refractivity (Wildman–Crippen MR) is 101 cm³/mol. The van der Waals surface area contributed by atoms with E-state index in [0.717, 1.165) is 16.2 Å². The maximum atomic E-state index is 10.9. The van der Waals surface area contributed by atoms with Crippen LogP contribution >= 0.6 is 34.7 Å². The molecule has 1 unspecified atom stereocenters. The summed E-state index contributed by atoms with van der Waals surface area (Å²) < 4.78 is 0.464. The number of aromatic nitrogens is 1. The van der Waals surface area contributed by atoms with E-state index in [9.17, 15) is 10.2 Å². The maximum absolute atomic E-state index is 10.9. The molecule has 1 fully saturated rings. The molecule has 1 aliphatic heterocycles. The van der Waals surface area contributed by atoms with Gasteiger partial charge in [0, 0.05) is 29.4 Å². The van der Waals surface area contributed by atoms with Crippen LogP contribution in [0.4, 0.5) is 0 Å². The molecular weight excluding hydrogens is 366 g/mol. The van der Waals surface area contributed by atoms with E-state index in [1.807, 2.05) is 30.3 Å². The molecule has 2 heterocycles. The van der Waals surface area contributed by atoms with Crippen molar-refractivity contribution in [3.05, 3.63) is 57.3 Å². The molecule has 5 nitrogen and oxygen atoms in total. The first-order valence-corrected chi connectivity index (χ1v) is 9.42. The lowest BCUT2D eigenvalue weighted by atomic mass is 10.1. The Labute approximate surface area is 153 Å². The first-order chi connectivity index (χ1) is 11.7. The second-order valence-electron chi connectivity index (χ2n) is 5.04. The predicted octanol–water partition coefficient (Wildman–Crippen LogP) is 3.79. The number of rotatable bonds is 4. The number of halogens is 1. The highest BCUT2D eigenvalue weighted by Crippen LogP contribution is 2.41. The lowest BCUT2D eigenvalue weighted by Gasteiger charge is -2.25. The molecule has 24 heavy (non-hydrogen) atoms. The third-order valence-electron chi connectivity index (χ3n) is 3.68. The smallest absolute Gasteiger partial charge is 0.199 e. The Morgan fingerprint density at radius 2 is 2.17 bits per heavy atom. The zero-order valence-corrected chi connectivity index (χ0v) is 15.3. The van der Waals surface area contributed by atoms with Crippen molar-refractivity contribution in [1.29, 1.82) is 0 Å². The molecule has 8 heteroatoms. The van der Waals surface area contributed by atoms with E-state index in [4.69, 9.17) is 11.6 Å². The van der Waals surface area contributed by atoms with Crippen molar-refractivity contribution >= 4 is 45.4 Å². The number of benzene rings is 1. The fourth-order valence-electron chi connectivity index (χ4n) is 2.54. The summed E-state index contributed by atoms with van der Waals surface area (Å²) in [6, 6.07) is 9.21. The van der Waals surface area contributed by atoms with Crippen molar-refractivity contribution < 1.29 is 10.2 Å². The van der Waals surface area contributed by atoms with Gasteiger partial charge in [0.15, 0.2) is 15.5 Å². The Morgan fingerprint density at radius 1 is 1.42 bits per heavy atom. The Hall–Kier alpha value is -1.54. The molecule has 1 atom stereocenters. The molecule has 1 saturated heterocycles. The molecule has 1 aromatic carbocycles. The van der Waals surface area contributed by atoms with Gasteiger partial charge in [-0.2, -0.15) is 0 Å². The molecule has 2 N–H and O–H groups in total. The van der Waals surface area contributed by atoms with Gasteiger partial charge in [0.1, 0.15) is 0 Å². The summed E-state index contributed by atoms with van der Waals surface area (Å²) in [5.41, 5.74) is 1.23. The van der Waals surface area contributed by atoms with Gasteiger partial charge in [-0.25, -0.2) is 4.98 Å². The number of nitrogens with zero attached hydrogens (tertiary/aromatic N) is 3. The van der Waals surface area contributed by atoms with Gasteiger partial charge in [0.2, 0.25) is 0 Å². The minimum Gasteiger partial charge on any atom is -0.494 e. The van der Waals surface area contributed by atoms with Crippen LogP contribution in [0, 0.1) is 0 Å². The number of thiazole rings is 1. The van der Waals surface area contributed by atoms with Crippen molar-refractivity contribution in [1.82, 2.24) is 9.88 Å². The molecule has 0 amide bonds. The van der Waals surface area contributed by atoms with Crippen LogP contribution in [0.5, 0.6) is 0 Å². The molecule has 2 aromatic rings. The Kier molecular flexibility index (Phi) is 5.45. The molecule has 126 valence electrons. The van der Waals surface area contributed by atoms with Gasteiger partial charge in [-0.15, -0.1) is 11.3 Å². The van der Waals surface area contributed by atoms with Crippen LogP contribution in [-0.4, -0.2) is 44.7 Å². The summed E-state index contributed by atoms with van der Waals surface area (Å²) >= 11 is 8.89. The average Bonchev–Trinajstić information content (AvgIpc) is 3.22. The summed E-state index contributed by atoms with van der Waals surface area (Å²) in [6.07, 6.45) is 1.72. The minimum atomic E-state index is -0.274. The third-order valence-corrected chi connectivity index (χ3v) is 6.02. The van der Waals surface area contributed by atoms with Crippen molar-refractivity contribution in [3.8, 4) is 0 Å². The minimum absolute atomic E-state index is 0.00354. The number of amidine groups is 1. The SMILES string of the molecule is C/N=C1\SCC(c2cnc(Cl)s2)N1/C(O)=C(\CO)c1ccccc1. The highest BCUT2D eigenvalue weighted by atomic mass is 35.5. The van der Waals surface area contributed by atoms with Crippen LogP contribution in [0.15, 0.2) is 47.4 Å². The maximum Gasteiger partial charge on any atom is 0.199 e. The molecule has 0 radical (unpaired) electrons.